The summed E-state index contributed by atoms with van der Waals surface area (Å²) in [5.41, 5.74) is -6.24. The number of halogens is 3. The summed E-state index contributed by atoms with van der Waals surface area (Å²) in [4.78, 5) is 0. The van der Waals surface area contributed by atoms with Gasteiger partial charge in [0.2, 0.25) is 0 Å². The molecule has 0 aromatic rings. The largest absolute Gasteiger partial charge is 0.534 e. The topological polar surface area (TPSA) is 82.1 Å². The quantitative estimate of drug-likeness (QED) is 0.473. The molecule has 5 aliphatic rings. The van der Waals surface area contributed by atoms with E-state index in [4.69, 9.17) is 13.7 Å². The van der Waals surface area contributed by atoms with Crippen LogP contribution < -0.4 is 0 Å². The Kier molecular flexibility index (Phi) is 5.08. The summed E-state index contributed by atoms with van der Waals surface area (Å²) in [6, 6.07) is 0. The smallest absolute Gasteiger partial charge is 0.393 e. The molecule has 6 nitrogen and oxygen atoms in total. The van der Waals surface area contributed by atoms with Crippen LogP contribution in [0, 0.1) is 34.5 Å². The molecule has 0 aromatic heterocycles. The monoisotopic (exact) mass is 480 g/mol. The van der Waals surface area contributed by atoms with Gasteiger partial charge in [-0.15, -0.1) is 0 Å². The van der Waals surface area contributed by atoms with E-state index in [2.05, 4.69) is 6.92 Å². The Morgan fingerprint density at radius 3 is 2.38 bits per heavy atom. The molecule has 1 N–H and O–H groups in total. The molecule has 32 heavy (non-hydrogen) atoms. The van der Waals surface area contributed by atoms with Crippen molar-refractivity contribution < 1.29 is 40.4 Å². The summed E-state index contributed by atoms with van der Waals surface area (Å²) < 4.78 is 80.4. The van der Waals surface area contributed by atoms with Crippen LogP contribution in [-0.2, 0) is 23.8 Å². The number of rotatable bonds is 2. The van der Waals surface area contributed by atoms with Crippen LogP contribution in [0.2, 0.25) is 0 Å². The van der Waals surface area contributed by atoms with Gasteiger partial charge in [-0.25, -0.2) is 0 Å². The molecule has 4 aliphatic carbocycles. The summed E-state index contributed by atoms with van der Waals surface area (Å²) in [6.07, 6.45) is 5.60. The van der Waals surface area contributed by atoms with Gasteiger partial charge < -0.3 is 18.8 Å². The molecule has 10 heteroatoms. The first kappa shape index (κ1) is 22.9. The van der Waals surface area contributed by atoms with Crippen molar-refractivity contribution in [2.75, 3.05) is 13.2 Å². The van der Waals surface area contributed by atoms with Crippen LogP contribution in [0.1, 0.15) is 58.8 Å². The van der Waals surface area contributed by atoms with Crippen LogP contribution in [0.5, 0.6) is 0 Å². The molecule has 0 aromatic carbocycles. The fourth-order valence-corrected chi connectivity index (χ4v) is 8.36. The number of aliphatic hydroxyl groups is 1. The second-order valence-electron chi connectivity index (χ2n) is 10.8. The lowest BCUT2D eigenvalue weighted by Gasteiger charge is -2.59. The zero-order valence-electron chi connectivity index (χ0n) is 18.4. The van der Waals surface area contributed by atoms with Gasteiger partial charge in [-0.2, -0.15) is 21.6 Å². The fraction of sp³-hybridized carbons (Fsp3) is 0.909. The van der Waals surface area contributed by atoms with E-state index in [1.54, 1.807) is 6.08 Å². The average Bonchev–Trinajstić information content (AvgIpc) is 3.28. The Bertz CT molecular complexity index is 911. The van der Waals surface area contributed by atoms with Crippen molar-refractivity contribution in [2.45, 2.75) is 76.2 Å². The number of ether oxygens (including phenoxy) is 2. The molecule has 3 saturated carbocycles. The minimum absolute atomic E-state index is 0.0937. The lowest BCUT2D eigenvalue weighted by molar-refractivity contribution is -0.242. The molecular formula is C22H31F3O6S. The first-order valence-electron chi connectivity index (χ1n) is 11.5. The van der Waals surface area contributed by atoms with Crippen molar-refractivity contribution in [2.24, 2.45) is 34.5 Å². The van der Waals surface area contributed by atoms with Gasteiger partial charge in [0, 0.05) is 17.8 Å². The van der Waals surface area contributed by atoms with E-state index >= 15 is 0 Å². The van der Waals surface area contributed by atoms with Crippen molar-refractivity contribution in [1.82, 2.24) is 0 Å². The highest BCUT2D eigenvalue weighted by atomic mass is 32.2. The zero-order valence-corrected chi connectivity index (χ0v) is 19.2. The Labute approximate surface area is 186 Å². The maximum atomic E-state index is 13.2. The number of allylic oxidation sites excluding steroid dienone is 2. The predicted octanol–water partition coefficient (Wildman–Crippen LogP) is 4.10. The van der Waals surface area contributed by atoms with E-state index in [0.29, 0.717) is 26.1 Å². The minimum Gasteiger partial charge on any atom is -0.393 e. The molecule has 1 saturated heterocycles. The van der Waals surface area contributed by atoms with E-state index in [1.807, 2.05) is 6.92 Å². The van der Waals surface area contributed by atoms with E-state index in [-0.39, 0.29) is 35.3 Å². The van der Waals surface area contributed by atoms with E-state index in [9.17, 15) is 26.7 Å². The Balaban J connectivity index is 1.57. The van der Waals surface area contributed by atoms with Crippen LogP contribution in [-0.4, -0.2) is 44.1 Å². The van der Waals surface area contributed by atoms with Gasteiger partial charge in [-0.05, 0) is 67.8 Å². The lowest BCUT2D eigenvalue weighted by Crippen LogP contribution is -2.57. The third-order valence-electron chi connectivity index (χ3n) is 9.49. The third-order valence-corrected chi connectivity index (χ3v) is 10.5. The highest BCUT2D eigenvalue weighted by Gasteiger charge is 2.67. The third kappa shape index (κ3) is 3.04. The second-order valence-corrected chi connectivity index (χ2v) is 12.3. The number of hydrogen-bond donors (Lipinski definition) is 1. The Hall–Kier alpha value is -0.840. The highest BCUT2D eigenvalue weighted by molar-refractivity contribution is 7.87. The number of alkyl halides is 3. The van der Waals surface area contributed by atoms with Gasteiger partial charge in [0.15, 0.2) is 5.79 Å². The standard InChI is InChI=1S/C22H31F3O6S/c1-19-6-3-13(26)11-17(19)18(31-32(27,28)22(23,24)25)12-14-15(19)4-7-20(2)16(14)5-8-21(20)29-9-10-30-21/h12-17,26H,3-11H2,1-2H3/t13-,14+,15-,16-,17+,19+,20-/m0/s1. The van der Waals surface area contributed by atoms with Gasteiger partial charge in [0.1, 0.15) is 5.76 Å². The Morgan fingerprint density at radius 1 is 1.06 bits per heavy atom. The Morgan fingerprint density at radius 2 is 1.72 bits per heavy atom. The summed E-state index contributed by atoms with van der Waals surface area (Å²) in [6.45, 7) is 5.24. The molecule has 0 unspecified atom stereocenters. The predicted molar refractivity (Wildman–Crippen MR) is 107 cm³/mol. The van der Waals surface area contributed by atoms with Crippen molar-refractivity contribution >= 4 is 10.1 Å². The van der Waals surface area contributed by atoms with Crippen LogP contribution in [0.25, 0.3) is 0 Å². The van der Waals surface area contributed by atoms with E-state index in [1.165, 1.54) is 0 Å². The molecule has 1 spiro atoms. The second kappa shape index (κ2) is 7.09. The average molecular weight is 481 g/mol. The minimum atomic E-state index is -5.79. The molecule has 0 bridgehead atoms. The van der Waals surface area contributed by atoms with E-state index < -0.39 is 38.9 Å². The molecule has 0 amide bonds. The number of hydrogen-bond acceptors (Lipinski definition) is 6. The number of aliphatic hydroxyl groups excluding tert-OH is 1. The summed E-state index contributed by atoms with van der Waals surface area (Å²) in [7, 11) is -5.79. The zero-order chi connectivity index (χ0) is 23.2. The van der Waals surface area contributed by atoms with Crippen LogP contribution in [0.4, 0.5) is 13.2 Å². The first-order chi connectivity index (χ1) is 14.8. The van der Waals surface area contributed by atoms with Gasteiger partial charge in [-0.3, -0.25) is 0 Å². The molecule has 182 valence electrons. The molecule has 0 radical (unpaired) electrons. The molecular weight excluding hydrogens is 449 g/mol. The summed E-state index contributed by atoms with van der Waals surface area (Å²) in [5.74, 6) is -1.25. The first-order valence-corrected chi connectivity index (χ1v) is 12.9. The molecule has 1 aliphatic heterocycles. The fourth-order valence-electron chi connectivity index (χ4n) is 7.85. The number of fused-ring (bicyclic) bond motifs is 6. The lowest BCUT2D eigenvalue weighted by atomic mass is 9.46. The van der Waals surface area contributed by atoms with Crippen molar-refractivity contribution in [3.05, 3.63) is 11.8 Å². The van der Waals surface area contributed by atoms with Crippen molar-refractivity contribution in [1.29, 1.82) is 0 Å². The summed E-state index contributed by atoms with van der Waals surface area (Å²) in [5, 5.41) is 10.3. The van der Waals surface area contributed by atoms with Crippen LogP contribution in [0.15, 0.2) is 11.8 Å². The maximum absolute atomic E-state index is 13.2. The van der Waals surface area contributed by atoms with Crippen LogP contribution >= 0.6 is 0 Å². The molecule has 5 rings (SSSR count). The SMILES string of the molecule is C[C@]12CC[C@H](O)C[C@@H]1C(OS(=O)(=O)C(F)(F)F)=C[C@@H]1[C@@H]2CC[C@@]2(C)[C@H]1CCC21OCCO1. The molecule has 7 atom stereocenters. The van der Waals surface area contributed by atoms with Gasteiger partial charge in [0.25, 0.3) is 0 Å². The highest BCUT2D eigenvalue weighted by Crippen LogP contribution is 2.69. The molecule has 1 heterocycles. The van der Waals surface area contributed by atoms with Gasteiger partial charge in [-0.1, -0.05) is 13.8 Å². The normalized spacial score (nSPS) is 45.7. The maximum Gasteiger partial charge on any atom is 0.534 e. The van der Waals surface area contributed by atoms with Crippen molar-refractivity contribution in [3.8, 4) is 0 Å². The van der Waals surface area contributed by atoms with Gasteiger partial charge in [0.05, 0.1) is 19.3 Å². The van der Waals surface area contributed by atoms with Crippen molar-refractivity contribution in [3.63, 3.8) is 0 Å². The van der Waals surface area contributed by atoms with E-state index in [0.717, 1.165) is 25.7 Å². The summed E-state index contributed by atoms with van der Waals surface area (Å²) >= 11 is 0. The van der Waals surface area contributed by atoms with Crippen LogP contribution in [0.3, 0.4) is 0 Å². The molecule has 4 fully saturated rings. The van der Waals surface area contributed by atoms with Gasteiger partial charge >= 0.3 is 15.6 Å².